The van der Waals surface area contributed by atoms with E-state index < -0.39 is 0 Å². The first-order valence-corrected chi connectivity index (χ1v) is 7.25. The molecule has 1 atom stereocenters. The van der Waals surface area contributed by atoms with Crippen LogP contribution in [-0.4, -0.2) is 0 Å². The van der Waals surface area contributed by atoms with Crippen LogP contribution in [0.1, 0.15) is 28.3 Å². The number of hydrogen-bond donors (Lipinski definition) is 1. The molecular weight excluding hydrogens is 258 g/mol. The molecule has 1 N–H and O–H groups in total. The quantitative estimate of drug-likeness (QED) is 0.855. The van der Waals surface area contributed by atoms with Gasteiger partial charge in [-0.05, 0) is 43.0 Å². The lowest BCUT2D eigenvalue weighted by Gasteiger charge is -2.11. The van der Waals surface area contributed by atoms with E-state index in [1.165, 1.54) is 15.3 Å². The Morgan fingerprint density at radius 3 is 2.81 bits per heavy atom. The van der Waals surface area contributed by atoms with Gasteiger partial charge in [0.05, 0.1) is 4.34 Å². The van der Waals surface area contributed by atoms with Crippen LogP contribution >= 0.6 is 34.3 Å². The standard InChI is InChI=1S/C12H14ClNS2/c1-8-3-4-11(16-8)6-14-9(2)10-5-12(13)15-7-10/h3-5,7,9,14H,6H2,1-2H3. The molecule has 2 heterocycles. The highest BCUT2D eigenvalue weighted by Gasteiger charge is 2.07. The Labute approximate surface area is 109 Å². The van der Waals surface area contributed by atoms with E-state index in [2.05, 4.69) is 36.7 Å². The molecule has 1 unspecified atom stereocenters. The van der Waals surface area contributed by atoms with Gasteiger partial charge in [0.25, 0.3) is 0 Å². The Bertz CT molecular complexity index is 461. The topological polar surface area (TPSA) is 12.0 Å². The van der Waals surface area contributed by atoms with Crippen molar-refractivity contribution in [1.29, 1.82) is 0 Å². The summed E-state index contributed by atoms with van der Waals surface area (Å²) in [4.78, 5) is 2.74. The molecule has 0 aliphatic heterocycles. The maximum absolute atomic E-state index is 5.92. The van der Waals surface area contributed by atoms with E-state index in [1.54, 1.807) is 11.3 Å². The highest BCUT2D eigenvalue weighted by Crippen LogP contribution is 2.25. The average Bonchev–Trinajstić information content (AvgIpc) is 2.84. The smallest absolute Gasteiger partial charge is 0.0931 e. The second-order valence-electron chi connectivity index (χ2n) is 3.80. The Balaban J connectivity index is 1.91. The molecule has 0 radical (unpaired) electrons. The molecule has 0 bridgehead atoms. The summed E-state index contributed by atoms with van der Waals surface area (Å²) in [5.41, 5.74) is 1.27. The largest absolute Gasteiger partial charge is 0.305 e. The van der Waals surface area contributed by atoms with E-state index >= 15 is 0 Å². The Morgan fingerprint density at radius 1 is 1.44 bits per heavy atom. The zero-order valence-corrected chi connectivity index (χ0v) is 11.7. The molecule has 0 saturated heterocycles. The minimum atomic E-state index is 0.353. The van der Waals surface area contributed by atoms with Crippen molar-refractivity contribution < 1.29 is 0 Å². The maximum Gasteiger partial charge on any atom is 0.0931 e. The first-order valence-electron chi connectivity index (χ1n) is 5.18. The van der Waals surface area contributed by atoms with Crippen LogP contribution in [0.15, 0.2) is 23.6 Å². The lowest BCUT2D eigenvalue weighted by atomic mass is 10.2. The Morgan fingerprint density at radius 2 is 2.25 bits per heavy atom. The summed E-state index contributed by atoms with van der Waals surface area (Å²) in [5.74, 6) is 0. The molecule has 0 aliphatic rings. The van der Waals surface area contributed by atoms with Gasteiger partial charge in [-0.3, -0.25) is 0 Å². The van der Waals surface area contributed by atoms with Gasteiger partial charge in [0.15, 0.2) is 0 Å². The molecule has 86 valence electrons. The lowest BCUT2D eigenvalue weighted by Crippen LogP contribution is -2.16. The Hall–Kier alpha value is -0.350. The SMILES string of the molecule is Cc1ccc(CNC(C)c2csc(Cl)c2)s1. The fourth-order valence-corrected chi connectivity index (χ4v) is 3.33. The molecule has 0 aliphatic carbocycles. The summed E-state index contributed by atoms with van der Waals surface area (Å²) in [5, 5.41) is 5.61. The molecule has 0 aromatic carbocycles. The maximum atomic E-state index is 5.92. The monoisotopic (exact) mass is 271 g/mol. The van der Waals surface area contributed by atoms with E-state index in [0.29, 0.717) is 6.04 Å². The van der Waals surface area contributed by atoms with Crippen LogP contribution in [0.2, 0.25) is 4.34 Å². The van der Waals surface area contributed by atoms with E-state index in [0.717, 1.165) is 10.9 Å². The molecule has 2 aromatic heterocycles. The third-order valence-corrected chi connectivity index (χ3v) is 4.58. The number of halogens is 1. The van der Waals surface area contributed by atoms with Crippen molar-refractivity contribution in [2.75, 3.05) is 0 Å². The molecule has 2 rings (SSSR count). The van der Waals surface area contributed by atoms with Gasteiger partial charge in [0.2, 0.25) is 0 Å². The number of hydrogen-bond acceptors (Lipinski definition) is 3. The molecule has 0 saturated carbocycles. The van der Waals surface area contributed by atoms with Crippen LogP contribution in [0, 0.1) is 6.92 Å². The molecule has 2 aromatic rings. The fraction of sp³-hybridized carbons (Fsp3) is 0.333. The predicted molar refractivity (Wildman–Crippen MR) is 73.6 cm³/mol. The molecule has 0 amide bonds. The van der Waals surface area contributed by atoms with Gasteiger partial charge in [0, 0.05) is 22.3 Å². The highest BCUT2D eigenvalue weighted by atomic mass is 35.5. The lowest BCUT2D eigenvalue weighted by molar-refractivity contribution is 0.580. The highest BCUT2D eigenvalue weighted by molar-refractivity contribution is 7.14. The van der Waals surface area contributed by atoms with Gasteiger partial charge in [-0.15, -0.1) is 22.7 Å². The van der Waals surface area contributed by atoms with Crippen molar-refractivity contribution in [3.05, 3.63) is 43.2 Å². The van der Waals surface area contributed by atoms with Crippen molar-refractivity contribution in [2.24, 2.45) is 0 Å². The molecule has 16 heavy (non-hydrogen) atoms. The van der Waals surface area contributed by atoms with E-state index in [4.69, 9.17) is 11.6 Å². The van der Waals surface area contributed by atoms with E-state index in [1.807, 2.05) is 17.4 Å². The first-order chi connectivity index (χ1) is 7.65. The van der Waals surface area contributed by atoms with Crippen LogP contribution in [0.5, 0.6) is 0 Å². The van der Waals surface area contributed by atoms with Gasteiger partial charge >= 0.3 is 0 Å². The zero-order chi connectivity index (χ0) is 11.5. The second kappa shape index (κ2) is 5.32. The number of aryl methyl sites for hydroxylation is 1. The van der Waals surface area contributed by atoms with Gasteiger partial charge in [-0.1, -0.05) is 11.6 Å². The van der Waals surface area contributed by atoms with Gasteiger partial charge < -0.3 is 5.32 Å². The van der Waals surface area contributed by atoms with Crippen molar-refractivity contribution in [3.8, 4) is 0 Å². The van der Waals surface area contributed by atoms with Crippen LogP contribution in [0.25, 0.3) is 0 Å². The minimum Gasteiger partial charge on any atom is -0.305 e. The average molecular weight is 272 g/mol. The van der Waals surface area contributed by atoms with E-state index in [-0.39, 0.29) is 0 Å². The number of thiophene rings is 2. The fourth-order valence-electron chi connectivity index (χ4n) is 1.50. The molecule has 1 nitrogen and oxygen atoms in total. The van der Waals surface area contributed by atoms with Crippen LogP contribution in [0.4, 0.5) is 0 Å². The summed E-state index contributed by atoms with van der Waals surface area (Å²) >= 11 is 9.35. The molecule has 0 spiro atoms. The first kappa shape index (κ1) is 12.1. The van der Waals surface area contributed by atoms with Crippen molar-refractivity contribution in [1.82, 2.24) is 5.32 Å². The van der Waals surface area contributed by atoms with Gasteiger partial charge in [0.1, 0.15) is 0 Å². The van der Waals surface area contributed by atoms with Gasteiger partial charge in [-0.2, -0.15) is 0 Å². The summed E-state index contributed by atoms with van der Waals surface area (Å²) in [7, 11) is 0. The molecule has 0 fully saturated rings. The normalized spacial score (nSPS) is 12.9. The van der Waals surface area contributed by atoms with Crippen LogP contribution < -0.4 is 5.32 Å². The van der Waals surface area contributed by atoms with Crippen LogP contribution in [-0.2, 0) is 6.54 Å². The summed E-state index contributed by atoms with van der Waals surface area (Å²) in [6.45, 7) is 5.22. The zero-order valence-electron chi connectivity index (χ0n) is 9.29. The third kappa shape index (κ3) is 3.08. The van der Waals surface area contributed by atoms with Gasteiger partial charge in [-0.25, -0.2) is 0 Å². The predicted octanol–water partition coefficient (Wildman–Crippen LogP) is 4.62. The summed E-state index contributed by atoms with van der Waals surface area (Å²) in [6.07, 6.45) is 0. The van der Waals surface area contributed by atoms with Crippen molar-refractivity contribution >= 4 is 34.3 Å². The third-order valence-electron chi connectivity index (χ3n) is 2.47. The number of nitrogens with one attached hydrogen (secondary N) is 1. The summed E-state index contributed by atoms with van der Waals surface area (Å²) < 4.78 is 0.857. The second-order valence-corrected chi connectivity index (χ2v) is 6.71. The number of rotatable bonds is 4. The molecule has 4 heteroatoms. The Kier molecular flexibility index (Phi) is 4.03. The van der Waals surface area contributed by atoms with Crippen molar-refractivity contribution in [2.45, 2.75) is 26.4 Å². The van der Waals surface area contributed by atoms with Crippen LogP contribution in [0.3, 0.4) is 0 Å². The molecular formula is C12H14ClNS2. The minimum absolute atomic E-state index is 0.353. The van der Waals surface area contributed by atoms with Crippen molar-refractivity contribution in [3.63, 3.8) is 0 Å². The summed E-state index contributed by atoms with van der Waals surface area (Å²) in [6, 6.07) is 6.73. The van der Waals surface area contributed by atoms with E-state index in [9.17, 15) is 0 Å².